The molecule has 0 aliphatic carbocycles. The molecule has 0 fully saturated rings. The van der Waals surface area contributed by atoms with Crippen LogP contribution in [0.25, 0.3) is 22.0 Å². The van der Waals surface area contributed by atoms with Crippen LogP contribution in [-0.4, -0.2) is 17.7 Å². The quantitative estimate of drug-likeness (QED) is 0.213. The second-order valence-corrected chi connectivity index (χ2v) is 10.2. The van der Waals surface area contributed by atoms with E-state index in [-0.39, 0.29) is 0 Å². The smallest absolute Gasteiger partial charge is 0.240 e. The Morgan fingerprint density at radius 2 is 1.61 bits per heavy atom. The molecule has 1 unspecified atom stereocenters. The summed E-state index contributed by atoms with van der Waals surface area (Å²) in [6.45, 7) is 5.86. The Labute approximate surface area is 192 Å². The summed E-state index contributed by atoms with van der Waals surface area (Å²) in [6.07, 6.45) is 2.10. The minimum absolute atomic E-state index is 0.579. The number of aryl methyl sites for hydroxylation is 1. The van der Waals surface area contributed by atoms with Crippen molar-refractivity contribution in [3.63, 3.8) is 0 Å². The molecule has 0 saturated carbocycles. The zero-order valence-electron chi connectivity index (χ0n) is 17.3. The van der Waals surface area contributed by atoms with E-state index in [4.69, 9.17) is 0 Å². The molecule has 0 N–H and O–H groups in total. The summed E-state index contributed by atoms with van der Waals surface area (Å²) >= 11 is 3.53. The lowest BCUT2D eigenvalue weighted by Gasteiger charge is -2.19. The molecular formula is C26H24BrNO2S. The fourth-order valence-corrected chi connectivity index (χ4v) is 6.37. The first-order valence-corrected chi connectivity index (χ1v) is 12.8. The van der Waals surface area contributed by atoms with Crippen LogP contribution in [0.1, 0.15) is 22.1 Å². The molecule has 0 aliphatic rings. The maximum atomic E-state index is 14.1. The Hall–Kier alpha value is -2.63. The van der Waals surface area contributed by atoms with Crippen LogP contribution in [0.15, 0.2) is 91.5 Å². The highest BCUT2D eigenvalue weighted by atomic mass is 79.9. The number of alkyl halides is 1. The number of hydrogen-bond donors (Lipinski definition) is 0. The van der Waals surface area contributed by atoms with E-state index < -0.39 is 15.3 Å². The minimum atomic E-state index is -3.81. The molecule has 4 rings (SSSR count). The van der Waals surface area contributed by atoms with Gasteiger partial charge in [-0.25, -0.2) is 12.4 Å². The number of halogens is 1. The van der Waals surface area contributed by atoms with Crippen LogP contribution in [0.4, 0.5) is 0 Å². The van der Waals surface area contributed by atoms with Gasteiger partial charge >= 0.3 is 0 Å². The molecule has 3 nitrogen and oxygen atoms in total. The average molecular weight is 494 g/mol. The molecule has 3 aromatic carbocycles. The molecule has 0 aliphatic heterocycles. The topological polar surface area (TPSA) is 39.1 Å². The van der Waals surface area contributed by atoms with E-state index in [1.807, 2.05) is 85.8 Å². The number of rotatable bonds is 7. The van der Waals surface area contributed by atoms with E-state index in [9.17, 15) is 8.42 Å². The van der Waals surface area contributed by atoms with Gasteiger partial charge in [-0.15, -0.1) is 6.58 Å². The van der Waals surface area contributed by atoms with Crippen molar-refractivity contribution in [3.05, 3.63) is 108 Å². The van der Waals surface area contributed by atoms with Gasteiger partial charge in [0.25, 0.3) is 0 Å². The van der Waals surface area contributed by atoms with Gasteiger partial charge in [0.05, 0.1) is 5.52 Å². The summed E-state index contributed by atoms with van der Waals surface area (Å²) in [5.41, 5.74) is 5.24. The third-order valence-corrected chi connectivity index (χ3v) is 7.94. The molecule has 4 aromatic rings. The third kappa shape index (κ3) is 3.88. The first-order chi connectivity index (χ1) is 15.0. The molecule has 158 valence electrons. The van der Waals surface area contributed by atoms with Crippen molar-refractivity contribution in [2.75, 3.05) is 5.33 Å². The van der Waals surface area contributed by atoms with Crippen LogP contribution in [-0.2, 0) is 16.4 Å². The first kappa shape index (κ1) is 21.6. The van der Waals surface area contributed by atoms with E-state index in [2.05, 4.69) is 22.5 Å². The van der Waals surface area contributed by atoms with Gasteiger partial charge in [0.2, 0.25) is 10.0 Å². The first-order valence-electron chi connectivity index (χ1n) is 10.2. The van der Waals surface area contributed by atoms with Crippen molar-refractivity contribution in [2.45, 2.75) is 18.6 Å². The van der Waals surface area contributed by atoms with Crippen LogP contribution in [0.2, 0.25) is 0 Å². The zero-order chi connectivity index (χ0) is 22.0. The van der Waals surface area contributed by atoms with Gasteiger partial charge in [0.1, 0.15) is 5.25 Å². The molecule has 1 aromatic heterocycles. The highest BCUT2D eigenvalue weighted by molar-refractivity contribution is 9.09. The Morgan fingerprint density at radius 3 is 2.26 bits per heavy atom. The molecule has 0 spiro atoms. The standard InChI is InChI=1S/C26H24BrNO2S/c1-3-25(20-15-13-19(2)14-16-20)31(29,30)28-23-12-8-7-11-22(23)26(24(28)17-18-27)21-9-5-4-6-10-21/h3-16,25H,1,17-18H2,2H3. The van der Waals surface area contributed by atoms with Gasteiger partial charge in [0.15, 0.2) is 0 Å². The number of aromatic nitrogens is 1. The summed E-state index contributed by atoms with van der Waals surface area (Å²) in [5, 5.41) is 0.739. The van der Waals surface area contributed by atoms with Crippen LogP contribution in [0.5, 0.6) is 0 Å². The highest BCUT2D eigenvalue weighted by Crippen LogP contribution is 2.39. The highest BCUT2D eigenvalue weighted by Gasteiger charge is 2.32. The Bertz CT molecular complexity index is 1320. The van der Waals surface area contributed by atoms with E-state index >= 15 is 0 Å². The molecule has 1 atom stereocenters. The van der Waals surface area contributed by atoms with Crippen LogP contribution in [0.3, 0.4) is 0 Å². The van der Waals surface area contributed by atoms with Crippen molar-refractivity contribution in [1.82, 2.24) is 3.97 Å². The molecule has 0 bridgehead atoms. The predicted molar refractivity (Wildman–Crippen MR) is 133 cm³/mol. The Kier molecular flexibility index (Phi) is 6.17. The number of benzene rings is 3. The summed E-state index contributed by atoms with van der Waals surface area (Å²) < 4.78 is 29.7. The summed E-state index contributed by atoms with van der Waals surface area (Å²) in [7, 11) is -3.81. The van der Waals surface area contributed by atoms with Gasteiger partial charge in [-0.3, -0.25) is 0 Å². The van der Waals surface area contributed by atoms with Crippen LogP contribution >= 0.6 is 15.9 Å². The van der Waals surface area contributed by atoms with Crippen LogP contribution in [0, 0.1) is 6.92 Å². The minimum Gasteiger partial charge on any atom is -0.240 e. The molecule has 31 heavy (non-hydrogen) atoms. The molecule has 1 heterocycles. The number of nitrogens with zero attached hydrogens (tertiary/aromatic N) is 1. The maximum absolute atomic E-state index is 14.1. The average Bonchev–Trinajstić information content (AvgIpc) is 3.11. The van der Waals surface area contributed by atoms with Crippen molar-refractivity contribution in [2.24, 2.45) is 0 Å². The molecular weight excluding hydrogens is 470 g/mol. The lowest BCUT2D eigenvalue weighted by Crippen LogP contribution is -2.22. The molecule has 0 amide bonds. The Balaban J connectivity index is 2.04. The maximum Gasteiger partial charge on any atom is 0.249 e. The van der Waals surface area contributed by atoms with Crippen molar-refractivity contribution in [1.29, 1.82) is 0 Å². The molecule has 0 saturated heterocycles. The second-order valence-electron chi connectivity index (χ2n) is 7.52. The van der Waals surface area contributed by atoms with Gasteiger partial charge in [-0.2, -0.15) is 0 Å². The normalized spacial score (nSPS) is 12.7. The lowest BCUT2D eigenvalue weighted by atomic mass is 10.0. The van der Waals surface area contributed by atoms with Crippen molar-refractivity contribution < 1.29 is 8.42 Å². The van der Waals surface area contributed by atoms with Gasteiger partial charge in [-0.05, 0) is 30.5 Å². The molecule has 0 radical (unpaired) electrons. The van der Waals surface area contributed by atoms with E-state index in [1.165, 1.54) is 10.0 Å². The summed E-state index contributed by atoms with van der Waals surface area (Å²) in [4.78, 5) is 0. The number of fused-ring (bicyclic) bond motifs is 1. The van der Waals surface area contributed by atoms with E-state index in [0.29, 0.717) is 22.8 Å². The predicted octanol–water partition coefficient (Wildman–Crippen LogP) is 6.66. The second kappa shape index (κ2) is 8.85. The fourth-order valence-electron chi connectivity index (χ4n) is 4.10. The van der Waals surface area contributed by atoms with Gasteiger partial charge in [0, 0.05) is 22.0 Å². The van der Waals surface area contributed by atoms with Gasteiger partial charge in [-0.1, -0.05) is 100 Å². The fraction of sp³-hybridized carbons (Fsp3) is 0.154. The number of para-hydroxylation sites is 1. The van der Waals surface area contributed by atoms with Crippen LogP contribution < -0.4 is 0 Å². The summed E-state index contributed by atoms with van der Waals surface area (Å²) in [5.74, 6) is 0. The monoisotopic (exact) mass is 493 g/mol. The van der Waals surface area contributed by atoms with Gasteiger partial charge < -0.3 is 0 Å². The lowest BCUT2D eigenvalue weighted by molar-refractivity contribution is 0.581. The SMILES string of the molecule is C=CC(c1ccc(C)cc1)S(=O)(=O)n1c(CCBr)c(-c2ccccc2)c2ccccc21. The van der Waals surface area contributed by atoms with Crippen molar-refractivity contribution in [3.8, 4) is 11.1 Å². The van der Waals surface area contributed by atoms with E-state index in [1.54, 1.807) is 0 Å². The third-order valence-electron chi connectivity index (χ3n) is 5.52. The largest absolute Gasteiger partial charge is 0.249 e. The van der Waals surface area contributed by atoms with Crippen molar-refractivity contribution >= 4 is 36.9 Å². The number of hydrogen-bond acceptors (Lipinski definition) is 2. The Morgan fingerprint density at radius 1 is 0.968 bits per heavy atom. The van der Waals surface area contributed by atoms with E-state index in [0.717, 1.165) is 27.8 Å². The summed E-state index contributed by atoms with van der Waals surface area (Å²) in [6, 6.07) is 25.3. The zero-order valence-corrected chi connectivity index (χ0v) is 19.7. The molecule has 5 heteroatoms.